The number of fused-ring (bicyclic) bond motifs is 1. The average molecular weight is 432 g/mol. The van der Waals surface area contributed by atoms with Crippen molar-refractivity contribution >= 4 is 16.8 Å². The normalized spacial score (nSPS) is 28.3. The number of aromatic nitrogens is 2. The number of carbonyl (C=O) groups excluding carboxylic acids is 1. The van der Waals surface area contributed by atoms with Gasteiger partial charge in [-0.1, -0.05) is 6.07 Å². The molecule has 4 bridgehead atoms. The highest BCUT2D eigenvalue weighted by Crippen LogP contribution is 2.55. The second-order valence-corrected chi connectivity index (χ2v) is 10.5. The maximum Gasteiger partial charge on any atom is 0.220 e. The van der Waals surface area contributed by atoms with Crippen molar-refractivity contribution in [2.24, 2.45) is 17.8 Å². The van der Waals surface area contributed by atoms with E-state index in [-0.39, 0.29) is 17.3 Å². The first-order chi connectivity index (χ1) is 15.6. The molecule has 2 aromatic heterocycles. The number of hydrogen-bond acceptors (Lipinski definition) is 2. The zero-order chi connectivity index (χ0) is 21.7. The molecule has 5 heteroatoms. The van der Waals surface area contributed by atoms with E-state index in [0.717, 1.165) is 52.0 Å². The summed E-state index contributed by atoms with van der Waals surface area (Å²) in [5, 5.41) is 4.36. The Hall–Kier alpha value is -2.69. The zero-order valence-corrected chi connectivity index (χ0v) is 18.4. The van der Waals surface area contributed by atoms with Gasteiger partial charge in [-0.3, -0.25) is 9.78 Å². The predicted octanol–water partition coefficient (Wildman–Crippen LogP) is 5.78. The summed E-state index contributed by atoms with van der Waals surface area (Å²) in [7, 11) is 0. The van der Waals surface area contributed by atoms with Crippen molar-refractivity contribution in [3.8, 4) is 11.4 Å². The summed E-state index contributed by atoms with van der Waals surface area (Å²) in [4.78, 5) is 20.8. The molecule has 0 radical (unpaired) electrons. The lowest BCUT2D eigenvalue weighted by atomic mass is 9.53. The number of aromatic amines is 1. The molecule has 4 nitrogen and oxygen atoms in total. The van der Waals surface area contributed by atoms with Crippen LogP contribution in [0.25, 0.3) is 22.3 Å². The van der Waals surface area contributed by atoms with Crippen LogP contribution in [0.5, 0.6) is 0 Å². The van der Waals surface area contributed by atoms with Gasteiger partial charge in [0, 0.05) is 29.1 Å². The number of carbonyl (C=O) groups is 1. The third kappa shape index (κ3) is 3.62. The molecule has 166 valence electrons. The highest BCUT2D eigenvalue weighted by atomic mass is 19.1. The van der Waals surface area contributed by atoms with Gasteiger partial charge in [0.25, 0.3) is 0 Å². The van der Waals surface area contributed by atoms with Crippen LogP contribution in [0.15, 0.2) is 42.6 Å². The zero-order valence-electron chi connectivity index (χ0n) is 18.4. The third-order valence-corrected chi connectivity index (χ3v) is 8.06. The monoisotopic (exact) mass is 431 g/mol. The summed E-state index contributed by atoms with van der Waals surface area (Å²) >= 11 is 0. The molecule has 4 fully saturated rings. The summed E-state index contributed by atoms with van der Waals surface area (Å²) in [6, 6.07) is 10.6. The minimum atomic E-state index is -0.245. The van der Waals surface area contributed by atoms with Crippen molar-refractivity contribution in [1.82, 2.24) is 15.3 Å². The fraction of sp³-hybridized carbons (Fsp3) is 0.481. The second-order valence-electron chi connectivity index (χ2n) is 10.5. The van der Waals surface area contributed by atoms with Crippen LogP contribution in [0.3, 0.4) is 0 Å². The maximum atomic E-state index is 14.0. The highest BCUT2D eigenvalue weighted by Gasteiger charge is 2.51. The number of nitrogens with one attached hydrogen (secondary N) is 2. The van der Waals surface area contributed by atoms with Crippen molar-refractivity contribution in [3.05, 3.63) is 54.0 Å². The molecule has 3 aromatic rings. The number of nitrogens with zero attached hydrogens (tertiary/aromatic N) is 1. The van der Waals surface area contributed by atoms with Gasteiger partial charge < -0.3 is 10.3 Å². The Morgan fingerprint density at radius 3 is 2.53 bits per heavy atom. The molecule has 0 spiro atoms. The van der Waals surface area contributed by atoms with Crippen molar-refractivity contribution < 1.29 is 9.18 Å². The first-order valence-corrected chi connectivity index (χ1v) is 12.1. The van der Waals surface area contributed by atoms with Gasteiger partial charge >= 0.3 is 0 Å². The van der Waals surface area contributed by atoms with E-state index < -0.39 is 0 Å². The average Bonchev–Trinajstić information content (AvgIpc) is 3.11. The van der Waals surface area contributed by atoms with Gasteiger partial charge in [-0.25, -0.2) is 4.39 Å². The summed E-state index contributed by atoms with van der Waals surface area (Å²) in [5.74, 6) is 2.40. The fourth-order valence-corrected chi connectivity index (χ4v) is 7.26. The first kappa shape index (κ1) is 20.0. The quantitative estimate of drug-likeness (QED) is 0.520. The van der Waals surface area contributed by atoms with Crippen LogP contribution in [0.2, 0.25) is 0 Å². The smallest absolute Gasteiger partial charge is 0.220 e. The number of aryl methyl sites for hydroxylation is 1. The van der Waals surface area contributed by atoms with E-state index in [4.69, 9.17) is 0 Å². The van der Waals surface area contributed by atoms with E-state index in [1.807, 2.05) is 18.2 Å². The van der Waals surface area contributed by atoms with Crippen LogP contribution >= 0.6 is 0 Å². The SMILES string of the molecule is O=C(CCCc1c(-c2ccccn2)[nH]c2ccc(F)cc12)NC12CC3CC(CC(C3)C1)C2. The number of amides is 1. The van der Waals surface area contributed by atoms with Crippen LogP contribution in [0.1, 0.15) is 56.9 Å². The Morgan fingerprint density at radius 1 is 1.09 bits per heavy atom. The topological polar surface area (TPSA) is 57.8 Å². The summed E-state index contributed by atoms with van der Waals surface area (Å²) < 4.78 is 14.0. The van der Waals surface area contributed by atoms with E-state index in [1.165, 1.54) is 44.6 Å². The van der Waals surface area contributed by atoms with Gasteiger partial charge in [0.1, 0.15) is 5.82 Å². The number of benzene rings is 1. The third-order valence-electron chi connectivity index (χ3n) is 8.06. The fourth-order valence-electron chi connectivity index (χ4n) is 7.26. The van der Waals surface area contributed by atoms with Gasteiger partial charge in [0.05, 0.1) is 11.4 Å². The highest BCUT2D eigenvalue weighted by molar-refractivity contribution is 5.90. The van der Waals surface area contributed by atoms with E-state index in [0.29, 0.717) is 12.8 Å². The second kappa shape index (κ2) is 7.72. The molecule has 2 heterocycles. The molecule has 32 heavy (non-hydrogen) atoms. The summed E-state index contributed by atoms with van der Waals surface area (Å²) in [6.07, 6.45) is 11.4. The number of pyridine rings is 1. The molecule has 1 amide bonds. The van der Waals surface area contributed by atoms with Gasteiger partial charge in [0.15, 0.2) is 0 Å². The molecule has 0 atom stereocenters. The molecular weight excluding hydrogens is 401 g/mol. The Kier molecular flexibility index (Phi) is 4.81. The minimum absolute atomic E-state index is 0.0643. The summed E-state index contributed by atoms with van der Waals surface area (Å²) in [5.41, 5.74) is 3.78. The maximum absolute atomic E-state index is 14.0. The van der Waals surface area contributed by atoms with Crippen LogP contribution < -0.4 is 5.32 Å². The molecule has 7 rings (SSSR count). The molecule has 1 aromatic carbocycles. The van der Waals surface area contributed by atoms with Crippen molar-refractivity contribution in [1.29, 1.82) is 0 Å². The molecule has 0 aliphatic heterocycles. The van der Waals surface area contributed by atoms with Crippen LogP contribution in [0.4, 0.5) is 4.39 Å². The Morgan fingerprint density at radius 2 is 1.84 bits per heavy atom. The molecule has 2 N–H and O–H groups in total. The molecule has 4 aliphatic rings. The number of H-pyrrole nitrogens is 1. The summed E-state index contributed by atoms with van der Waals surface area (Å²) in [6.45, 7) is 0. The molecule has 4 saturated carbocycles. The van der Waals surface area contributed by atoms with Crippen LogP contribution in [0, 0.1) is 23.6 Å². The van der Waals surface area contributed by atoms with E-state index in [9.17, 15) is 9.18 Å². The predicted molar refractivity (Wildman–Crippen MR) is 123 cm³/mol. The lowest BCUT2D eigenvalue weighted by Gasteiger charge is -2.56. The molecular formula is C27H30FN3O. The Bertz CT molecular complexity index is 1120. The Labute approximate surface area is 188 Å². The number of hydrogen-bond donors (Lipinski definition) is 2. The number of halogens is 1. The number of rotatable bonds is 6. The van der Waals surface area contributed by atoms with Crippen molar-refractivity contribution in [2.45, 2.75) is 63.3 Å². The Balaban J connectivity index is 1.17. The molecule has 0 unspecified atom stereocenters. The van der Waals surface area contributed by atoms with E-state index >= 15 is 0 Å². The standard InChI is InChI=1S/C27H30FN3O/c28-20-7-8-23-22(13-20)21(26(30-23)24-5-1-2-9-29-24)4-3-6-25(32)31-27-14-17-10-18(15-27)12-19(11-17)16-27/h1-2,5,7-9,13,17-19,30H,3-4,6,10-12,14-16H2,(H,31,32). The van der Waals surface area contributed by atoms with E-state index in [2.05, 4.69) is 15.3 Å². The van der Waals surface area contributed by atoms with Crippen molar-refractivity contribution in [3.63, 3.8) is 0 Å². The van der Waals surface area contributed by atoms with Crippen molar-refractivity contribution in [2.75, 3.05) is 0 Å². The lowest BCUT2D eigenvalue weighted by molar-refractivity contribution is -0.126. The van der Waals surface area contributed by atoms with Gasteiger partial charge in [-0.2, -0.15) is 0 Å². The van der Waals surface area contributed by atoms with Crippen LogP contribution in [-0.4, -0.2) is 21.4 Å². The largest absolute Gasteiger partial charge is 0.353 e. The lowest BCUT2D eigenvalue weighted by Crippen LogP contribution is -2.59. The molecule has 0 saturated heterocycles. The van der Waals surface area contributed by atoms with Gasteiger partial charge in [-0.05, 0) is 105 Å². The van der Waals surface area contributed by atoms with Crippen LogP contribution in [-0.2, 0) is 11.2 Å². The van der Waals surface area contributed by atoms with E-state index in [1.54, 1.807) is 18.3 Å². The molecule has 4 aliphatic carbocycles. The van der Waals surface area contributed by atoms with Gasteiger partial charge in [0.2, 0.25) is 5.91 Å². The minimum Gasteiger partial charge on any atom is -0.353 e. The first-order valence-electron chi connectivity index (χ1n) is 12.1. The van der Waals surface area contributed by atoms with Gasteiger partial charge in [-0.15, -0.1) is 0 Å².